The lowest BCUT2D eigenvalue weighted by molar-refractivity contribution is 0.616. The Morgan fingerprint density at radius 3 is 2.44 bits per heavy atom. The lowest BCUT2D eigenvalue weighted by Gasteiger charge is -2.19. The lowest BCUT2D eigenvalue weighted by Crippen LogP contribution is -2.21. The van der Waals surface area contributed by atoms with Crippen molar-refractivity contribution >= 4 is 11.6 Å². The first kappa shape index (κ1) is 13.1. The van der Waals surface area contributed by atoms with Gasteiger partial charge in [-0.3, -0.25) is 0 Å². The van der Waals surface area contributed by atoms with E-state index in [-0.39, 0.29) is 0 Å². The molecule has 0 unspecified atom stereocenters. The number of hydrogen-bond donors (Lipinski definition) is 3. The van der Waals surface area contributed by atoms with E-state index in [0.29, 0.717) is 6.04 Å². The molecular weight excluding hydrogens is 226 g/mol. The van der Waals surface area contributed by atoms with Crippen molar-refractivity contribution in [1.29, 1.82) is 0 Å². The maximum atomic E-state index is 5.49. The third-order valence-electron chi connectivity index (χ3n) is 3.63. The van der Waals surface area contributed by atoms with Gasteiger partial charge in [-0.15, -0.1) is 0 Å². The van der Waals surface area contributed by atoms with Crippen LogP contribution in [-0.4, -0.2) is 16.0 Å². The standard InChI is InChI=1S/C13H23N5/c1-2-11-12(15-9-16-13(11)18-14)17-10-7-5-3-4-6-8-10/h9-10H,2-8,14H2,1H3,(H2,15,16,17,18). The van der Waals surface area contributed by atoms with Crippen molar-refractivity contribution in [3.63, 3.8) is 0 Å². The minimum absolute atomic E-state index is 0.540. The molecule has 0 bridgehead atoms. The Morgan fingerprint density at radius 1 is 1.17 bits per heavy atom. The van der Waals surface area contributed by atoms with E-state index in [2.05, 4.69) is 27.6 Å². The number of nitrogens with one attached hydrogen (secondary N) is 2. The maximum Gasteiger partial charge on any atom is 0.148 e. The monoisotopic (exact) mass is 249 g/mol. The Kier molecular flexibility index (Phi) is 4.75. The fourth-order valence-corrected chi connectivity index (χ4v) is 2.61. The summed E-state index contributed by atoms with van der Waals surface area (Å²) in [6.45, 7) is 2.10. The van der Waals surface area contributed by atoms with E-state index in [9.17, 15) is 0 Å². The topological polar surface area (TPSA) is 75.9 Å². The lowest BCUT2D eigenvalue weighted by atomic mass is 10.1. The molecule has 0 radical (unpaired) electrons. The van der Waals surface area contributed by atoms with Gasteiger partial charge in [-0.2, -0.15) is 0 Å². The van der Waals surface area contributed by atoms with Crippen LogP contribution in [0.3, 0.4) is 0 Å². The van der Waals surface area contributed by atoms with Crippen LogP contribution in [0.5, 0.6) is 0 Å². The van der Waals surface area contributed by atoms with E-state index in [0.717, 1.165) is 23.6 Å². The molecule has 0 amide bonds. The van der Waals surface area contributed by atoms with Gasteiger partial charge in [0.1, 0.15) is 18.0 Å². The Bertz CT molecular complexity index is 372. The number of anilines is 2. The highest BCUT2D eigenvalue weighted by Gasteiger charge is 2.15. The van der Waals surface area contributed by atoms with Gasteiger partial charge in [0.2, 0.25) is 0 Å². The second-order valence-corrected chi connectivity index (χ2v) is 4.88. The number of nitrogen functional groups attached to an aromatic ring is 1. The van der Waals surface area contributed by atoms with Crippen LogP contribution in [0, 0.1) is 0 Å². The molecule has 1 aromatic heterocycles. The molecule has 0 atom stereocenters. The molecule has 100 valence electrons. The molecule has 1 aromatic rings. The molecule has 18 heavy (non-hydrogen) atoms. The van der Waals surface area contributed by atoms with Crippen LogP contribution in [0.1, 0.15) is 51.0 Å². The summed E-state index contributed by atoms with van der Waals surface area (Å²) < 4.78 is 0. The van der Waals surface area contributed by atoms with Crippen LogP contribution in [0.25, 0.3) is 0 Å². The Labute approximate surface area is 109 Å². The molecule has 4 N–H and O–H groups in total. The Hall–Kier alpha value is -1.36. The molecular formula is C13H23N5. The summed E-state index contributed by atoms with van der Waals surface area (Å²) in [5.41, 5.74) is 3.72. The first-order valence-electron chi connectivity index (χ1n) is 6.92. The molecule has 5 heteroatoms. The number of hydrogen-bond acceptors (Lipinski definition) is 5. The van der Waals surface area contributed by atoms with Gasteiger partial charge in [0.05, 0.1) is 0 Å². The van der Waals surface area contributed by atoms with E-state index >= 15 is 0 Å². The van der Waals surface area contributed by atoms with Crippen molar-refractivity contribution in [3.8, 4) is 0 Å². The van der Waals surface area contributed by atoms with Gasteiger partial charge in [-0.25, -0.2) is 15.8 Å². The van der Waals surface area contributed by atoms with E-state index in [1.165, 1.54) is 38.5 Å². The second-order valence-electron chi connectivity index (χ2n) is 4.88. The van der Waals surface area contributed by atoms with Gasteiger partial charge in [-0.1, -0.05) is 32.6 Å². The average Bonchev–Trinajstić information content (AvgIpc) is 2.67. The van der Waals surface area contributed by atoms with E-state index < -0.39 is 0 Å². The predicted molar refractivity (Wildman–Crippen MR) is 74.3 cm³/mol. The molecule has 0 saturated heterocycles. The summed E-state index contributed by atoms with van der Waals surface area (Å²) in [6, 6.07) is 0.540. The molecule has 0 aliphatic heterocycles. The minimum Gasteiger partial charge on any atom is -0.367 e. The number of nitrogens with two attached hydrogens (primary N) is 1. The summed E-state index contributed by atoms with van der Waals surface area (Å²) in [7, 11) is 0. The molecule has 1 fully saturated rings. The van der Waals surface area contributed by atoms with Crippen molar-refractivity contribution in [2.45, 2.75) is 57.9 Å². The first-order valence-corrected chi connectivity index (χ1v) is 6.92. The summed E-state index contributed by atoms with van der Waals surface area (Å²) in [6.07, 6.45) is 10.2. The maximum absolute atomic E-state index is 5.49. The summed E-state index contributed by atoms with van der Waals surface area (Å²) in [5.74, 6) is 7.15. The van der Waals surface area contributed by atoms with E-state index in [4.69, 9.17) is 5.84 Å². The quantitative estimate of drug-likeness (QED) is 0.434. The van der Waals surface area contributed by atoms with Crippen LogP contribution < -0.4 is 16.6 Å². The predicted octanol–water partition coefficient (Wildman–Crippen LogP) is 2.46. The molecule has 5 nitrogen and oxygen atoms in total. The first-order chi connectivity index (χ1) is 8.85. The largest absolute Gasteiger partial charge is 0.367 e. The minimum atomic E-state index is 0.540. The van der Waals surface area contributed by atoms with Crippen molar-refractivity contribution < 1.29 is 0 Å². The molecule has 2 rings (SSSR count). The van der Waals surface area contributed by atoms with Crippen LogP contribution in [-0.2, 0) is 6.42 Å². The zero-order valence-corrected chi connectivity index (χ0v) is 11.1. The zero-order chi connectivity index (χ0) is 12.8. The smallest absolute Gasteiger partial charge is 0.148 e. The number of aromatic nitrogens is 2. The van der Waals surface area contributed by atoms with Crippen LogP contribution >= 0.6 is 0 Å². The second kappa shape index (κ2) is 6.54. The van der Waals surface area contributed by atoms with Gasteiger partial charge in [0, 0.05) is 11.6 Å². The fraction of sp³-hybridized carbons (Fsp3) is 0.692. The van der Waals surface area contributed by atoms with Crippen molar-refractivity contribution in [2.75, 3.05) is 10.7 Å². The third kappa shape index (κ3) is 3.10. The van der Waals surface area contributed by atoms with E-state index in [1.807, 2.05) is 0 Å². The number of hydrazine groups is 1. The van der Waals surface area contributed by atoms with E-state index in [1.54, 1.807) is 6.33 Å². The normalized spacial score (nSPS) is 17.2. The molecule has 1 saturated carbocycles. The van der Waals surface area contributed by atoms with Crippen molar-refractivity contribution in [3.05, 3.63) is 11.9 Å². The van der Waals surface area contributed by atoms with Gasteiger partial charge in [0.15, 0.2) is 0 Å². The van der Waals surface area contributed by atoms with Crippen LogP contribution in [0.4, 0.5) is 11.6 Å². The molecule has 1 heterocycles. The van der Waals surface area contributed by atoms with Gasteiger partial charge >= 0.3 is 0 Å². The Morgan fingerprint density at radius 2 is 1.83 bits per heavy atom. The SMILES string of the molecule is CCc1c(NN)ncnc1NC1CCCCCC1. The summed E-state index contributed by atoms with van der Waals surface area (Å²) in [4.78, 5) is 8.52. The van der Waals surface area contributed by atoms with Crippen LogP contribution in [0.15, 0.2) is 6.33 Å². The summed E-state index contributed by atoms with van der Waals surface area (Å²) >= 11 is 0. The third-order valence-corrected chi connectivity index (χ3v) is 3.63. The highest BCUT2D eigenvalue weighted by Crippen LogP contribution is 2.24. The molecule has 0 spiro atoms. The zero-order valence-electron chi connectivity index (χ0n) is 11.1. The molecule has 1 aliphatic carbocycles. The molecule has 0 aromatic carbocycles. The highest BCUT2D eigenvalue weighted by molar-refractivity contribution is 5.57. The molecule has 1 aliphatic rings. The average molecular weight is 249 g/mol. The summed E-state index contributed by atoms with van der Waals surface area (Å²) in [5, 5.41) is 3.57. The fourth-order valence-electron chi connectivity index (χ4n) is 2.61. The van der Waals surface area contributed by atoms with Gasteiger partial charge in [0.25, 0.3) is 0 Å². The van der Waals surface area contributed by atoms with Crippen molar-refractivity contribution in [2.24, 2.45) is 5.84 Å². The highest BCUT2D eigenvalue weighted by atomic mass is 15.3. The van der Waals surface area contributed by atoms with Gasteiger partial charge in [-0.05, 0) is 19.3 Å². The number of nitrogens with zero attached hydrogens (tertiary/aromatic N) is 2. The Balaban J connectivity index is 2.12. The van der Waals surface area contributed by atoms with Gasteiger partial charge < -0.3 is 10.7 Å². The van der Waals surface area contributed by atoms with Crippen molar-refractivity contribution in [1.82, 2.24) is 9.97 Å². The van der Waals surface area contributed by atoms with Crippen LogP contribution in [0.2, 0.25) is 0 Å². The number of rotatable bonds is 4.